The number of halogens is 2. The molecule has 0 amide bonds. The van der Waals surface area contributed by atoms with Gasteiger partial charge in [0.15, 0.2) is 0 Å². The number of nitrogens with one attached hydrogen (secondary N) is 1. The molecule has 1 unspecified atom stereocenters. The van der Waals surface area contributed by atoms with E-state index in [1.54, 1.807) is 12.3 Å². The molecule has 3 nitrogen and oxygen atoms in total. The van der Waals surface area contributed by atoms with Crippen molar-refractivity contribution in [3.63, 3.8) is 0 Å². The van der Waals surface area contributed by atoms with Gasteiger partial charge in [-0.25, -0.2) is 9.97 Å². The van der Waals surface area contributed by atoms with Crippen LogP contribution in [-0.2, 0) is 0 Å². The summed E-state index contributed by atoms with van der Waals surface area (Å²) in [6, 6.07) is 7.30. The molecule has 2 rings (SSSR count). The average Bonchev–Trinajstić information content (AvgIpc) is 2.43. The van der Waals surface area contributed by atoms with Crippen LogP contribution in [0, 0.1) is 6.92 Å². The van der Waals surface area contributed by atoms with Gasteiger partial charge in [0.1, 0.15) is 5.82 Å². The van der Waals surface area contributed by atoms with E-state index < -0.39 is 0 Å². The molecule has 1 N–H and O–H groups in total. The fourth-order valence-electron chi connectivity index (χ4n) is 2.03. The molecule has 5 heteroatoms. The lowest BCUT2D eigenvalue weighted by Gasteiger charge is -2.20. The van der Waals surface area contributed by atoms with Gasteiger partial charge in [0.2, 0.25) is 0 Å². The van der Waals surface area contributed by atoms with Gasteiger partial charge in [-0.3, -0.25) is 0 Å². The number of aromatic nitrogens is 2. The summed E-state index contributed by atoms with van der Waals surface area (Å²) < 4.78 is 0. The third-order valence-corrected chi connectivity index (χ3v) is 3.54. The molecule has 0 aliphatic rings. The maximum Gasteiger partial charge on any atom is 0.125 e. The SMILES string of the molecule is CCCNC(c1ccnc(C)n1)c1cc(Cl)ccc1Cl. The molecule has 0 bridgehead atoms. The molecule has 0 aliphatic carbocycles. The largest absolute Gasteiger partial charge is 0.305 e. The van der Waals surface area contributed by atoms with E-state index >= 15 is 0 Å². The highest BCUT2D eigenvalue weighted by Crippen LogP contribution is 2.29. The van der Waals surface area contributed by atoms with Gasteiger partial charge in [-0.1, -0.05) is 30.1 Å². The fourth-order valence-corrected chi connectivity index (χ4v) is 2.44. The highest BCUT2D eigenvalue weighted by atomic mass is 35.5. The number of hydrogen-bond acceptors (Lipinski definition) is 3. The van der Waals surface area contributed by atoms with Gasteiger partial charge in [0.25, 0.3) is 0 Å². The van der Waals surface area contributed by atoms with Crippen molar-refractivity contribution in [2.45, 2.75) is 26.3 Å². The number of hydrogen-bond donors (Lipinski definition) is 1. The van der Waals surface area contributed by atoms with Crippen molar-refractivity contribution in [2.75, 3.05) is 6.54 Å². The molecule has 0 fully saturated rings. The maximum absolute atomic E-state index is 6.32. The van der Waals surface area contributed by atoms with Crippen LogP contribution in [-0.4, -0.2) is 16.5 Å². The van der Waals surface area contributed by atoms with Gasteiger partial charge < -0.3 is 5.32 Å². The zero-order valence-corrected chi connectivity index (χ0v) is 13.0. The first-order valence-electron chi connectivity index (χ1n) is 6.59. The molecule has 1 aromatic heterocycles. The van der Waals surface area contributed by atoms with Gasteiger partial charge in [-0.2, -0.15) is 0 Å². The Labute approximate surface area is 129 Å². The van der Waals surface area contributed by atoms with Crippen molar-refractivity contribution in [3.05, 3.63) is 57.6 Å². The minimum atomic E-state index is -0.0807. The van der Waals surface area contributed by atoms with Crippen LogP contribution >= 0.6 is 23.2 Å². The lowest BCUT2D eigenvalue weighted by atomic mass is 10.0. The summed E-state index contributed by atoms with van der Waals surface area (Å²) in [5, 5.41) is 4.81. The first-order valence-corrected chi connectivity index (χ1v) is 7.35. The van der Waals surface area contributed by atoms with E-state index in [0.29, 0.717) is 10.0 Å². The van der Waals surface area contributed by atoms with Crippen LogP contribution in [0.4, 0.5) is 0 Å². The van der Waals surface area contributed by atoms with Crippen LogP contribution in [0.5, 0.6) is 0 Å². The minimum Gasteiger partial charge on any atom is -0.305 e. The maximum atomic E-state index is 6.32. The summed E-state index contributed by atoms with van der Waals surface area (Å²) >= 11 is 12.4. The Hall–Kier alpha value is -1.16. The molecule has 1 atom stereocenters. The molecule has 0 spiro atoms. The zero-order chi connectivity index (χ0) is 14.5. The van der Waals surface area contributed by atoms with E-state index in [1.165, 1.54) is 0 Å². The second-order valence-corrected chi connectivity index (χ2v) is 5.43. The number of benzene rings is 1. The van der Waals surface area contributed by atoms with E-state index in [0.717, 1.165) is 30.0 Å². The van der Waals surface area contributed by atoms with Gasteiger partial charge >= 0.3 is 0 Å². The molecule has 2 aromatic rings. The third-order valence-electron chi connectivity index (χ3n) is 2.96. The van der Waals surface area contributed by atoms with Crippen molar-refractivity contribution in [1.82, 2.24) is 15.3 Å². The second-order valence-electron chi connectivity index (χ2n) is 4.58. The first-order chi connectivity index (χ1) is 9.61. The number of rotatable bonds is 5. The monoisotopic (exact) mass is 309 g/mol. The highest BCUT2D eigenvalue weighted by Gasteiger charge is 2.18. The fraction of sp³-hybridized carbons (Fsp3) is 0.333. The Kier molecular flexibility index (Phi) is 5.35. The molecular weight excluding hydrogens is 293 g/mol. The Morgan fingerprint density at radius 2 is 2.05 bits per heavy atom. The summed E-state index contributed by atoms with van der Waals surface area (Å²) in [6.07, 6.45) is 2.79. The zero-order valence-electron chi connectivity index (χ0n) is 11.5. The van der Waals surface area contributed by atoms with E-state index in [1.807, 2.05) is 25.1 Å². The van der Waals surface area contributed by atoms with E-state index in [4.69, 9.17) is 23.2 Å². The molecule has 0 radical (unpaired) electrons. The summed E-state index contributed by atoms with van der Waals surface area (Å²) in [7, 11) is 0. The number of nitrogens with zero attached hydrogens (tertiary/aromatic N) is 2. The van der Waals surface area contributed by atoms with Crippen molar-refractivity contribution in [3.8, 4) is 0 Å². The Morgan fingerprint density at radius 1 is 1.25 bits per heavy atom. The topological polar surface area (TPSA) is 37.8 Å². The summed E-state index contributed by atoms with van der Waals surface area (Å²) in [5.41, 5.74) is 1.83. The molecule has 0 aliphatic heterocycles. The molecule has 1 heterocycles. The van der Waals surface area contributed by atoms with Crippen LogP contribution in [0.3, 0.4) is 0 Å². The standard InChI is InChI=1S/C15H17Cl2N3/c1-3-7-19-15(14-6-8-18-10(2)20-14)12-9-11(16)4-5-13(12)17/h4-6,8-9,15,19H,3,7H2,1-2H3. The molecular formula is C15H17Cl2N3. The Balaban J connectivity index is 2.44. The van der Waals surface area contributed by atoms with Crippen molar-refractivity contribution in [1.29, 1.82) is 0 Å². The second kappa shape index (κ2) is 7.02. The molecule has 20 heavy (non-hydrogen) atoms. The van der Waals surface area contributed by atoms with Crippen molar-refractivity contribution in [2.24, 2.45) is 0 Å². The molecule has 106 valence electrons. The minimum absolute atomic E-state index is 0.0807. The molecule has 0 saturated carbocycles. The number of aryl methyl sites for hydroxylation is 1. The molecule has 1 aromatic carbocycles. The Morgan fingerprint density at radius 3 is 2.75 bits per heavy atom. The lowest BCUT2D eigenvalue weighted by Crippen LogP contribution is -2.24. The van der Waals surface area contributed by atoms with E-state index in [2.05, 4.69) is 22.2 Å². The van der Waals surface area contributed by atoms with Crippen LogP contribution in [0.15, 0.2) is 30.5 Å². The molecule has 0 saturated heterocycles. The first kappa shape index (κ1) is 15.2. The lowest BCUT2D eigenvalue weighted by molar-refractivity contribution is 0.583. The predicted molar refractivity (Wildman–Crippen MR) is 83.4 cm³/mol. The quantitative estimate of drug-likeness (QED) is 0.900. The predicted octanol–water partition coefficient (Wildman–Crippen LogP) is 4.18. The van der Waals surface area contributed by atoms with Crippen LogP contribution in [0.1, 0.15) is 36.5 Å². The summed E-state index contributed by atoms with van der Waals surface area (Å²) in [5.74, 6) is 0.740. The van der Waals surface area contributed by atoms with Gasteiger partial charge in [0, 0.05) is 16.2 Å². The van der Waals surface area contributed by atoms with Crippen LogP contribution in [0.2, 0.25) is 10.0 Å². The third kappa shape index (κ3) is 3.69. The smallest absolute Gasteiger partial charge is 0.125 e. The van der Waals surface area contributed by atoms with Gasteiger partial charge in [0.05, 0.1) is 11.7 Å². The summed E-state index contributed by atoms with van der Waals surface area (Å²) in [6.45, 7) is 4.87. The van der Waals surface area contributed by atoms with E-state index in [-0.39, 0.29) is 6.04 Å². The average molecular weight is 310 g/mol. The van der Waals surface area contributed by atoms with Crippen LogP contribution in [0.25, 0.3) is 0 Å². The van der Waals surface area contributed by atoms with E-state index in [9.17, 15) is 0 Å². The van der Waals surface area contributed by atoms with Crippen LogP contribution < -0.4 is 5.32 Å². The highest BCUT2D eigenvalue weighted by molar-refractivity contribution is 6.33. The van der Waals surface area contributed by atoms with Gasteiger partial charge in [-0.05, 0) is 49.7 Å². The summed E-state index contributed by atoms with van der Waals surface area (Å²) in [4.78, 5) is 8.64. The Bertz CT molecular complexity index is 587. The van der Waals surface area contributed by atoms with Crippen molar-refractivity contribution < 1.29 is 0 Å². The van der Waals surface area contributed by atoms with Crippen molar-refractivity contribution >= 4 is 23.2 Å². The van der Waals surface area contributed by atoms with Gasteiger partial charge in [-0.15, -0.1) is 0 Å². The normalized spacial score (nSPS) is 12.4.